The highest BCUT2D eigenvalue weighted by Crippen LogP contribution is 2.22. The lowest BCUT2D eigenvalue weighted by molar-refractivity contribution is -0.115. The van der Waals surface area contributed by atoms with E-state index in [-0.39, 0.29) is 11.2 Å². The molecule has 1 atom stereocenters. The van der Waals surface area contributed by atoms with E-state index >= 15 is 0 Å². The molecular formula is C18H22N2O3S. The monoisotopic (exact) mass is 346 g/mol. The van der Waals surface area contributed by atoms with E-state index in [1.54, 1.807) is 18.0 Å². The first-order chi connectivity index (χ1) is 11.7. The maximum absolute atomic E-state index is 12.3. The Hall–Kier alpha value is -1.92. The van der Waals surface area contributed by atoms with Crippen molar-refractivity contribution in [1.29, 1.82) is 0 Å². The number of rotatable bonds is 6. The van der Waals surface area contributed by atoms with Gasteiger partial charge < -0.3 is 19.4 Å². The second-order valence-corrected chi connectivity index (χ2v) is 7.00. The van der Waals surface area contributed by atoms with Gasteiger partial charge in [0.25, 0.3) is 0 Å². The number of amides is 1. The third kappa shape index (κ3) is 4.55. The van der Waals surface area contributed by atoms with Crippen molar-refractivity contribution in [3.8, 4) is 0 Å². The van der Waals surface area contributed by atoms with Crippen LogP contribution in [0.4, 0.5) is 11.4 Å². The van der Waals surface area contributed by atoms with Crippen molar-refractivity contribution in [2.45, 2.75) is 17.9 Å². The summed E-state index contributed by atoms with van der Waals surface area (Å²) in [6.45, 7) is 5.26. The Morgan fingerprint density at radius 2 is 2.00 bits per heavy atom. The normalized spacial score (nSPS) is 16.0. The highest BCUT2D eigenvalue weighted by molar-refractivity contribution is 7.99. The summed E-state index contributed by atoms with van der Waals surface area (Å²) in [5.41, 5.74) is 1.99. The Bertz CT molecular complexity index is 637. The van der Waals surface area contributed by atoms with E-state index in [9.17, 15) is 4.79 Å². The van der Waals surface area contributed by atoms with E-state index in [0.29, 0.717) is 5.75 Å². The number of nitrogens with one attached hydrogen (secondary N) is 1. The SMILES string of the molecule is C[C@H](SCc1ccco1)C(=O)Nc1ccc(N2CCOCC2)cc1. The molecule has 2 heterocycles. The van der Waals surface area contributed by atoms with Crippen LogP contribution in [0.3, 0.4) is 0 Å². The molecule has 1 amide bonds. The van der Waals surface area contributed by atoms with Crippen LogP contribution in [0.25, 0.3) is 0 Å². The summed E-state index contributed by atoms with van der Waals surface area (Å²) in [6, 6.07) is 11.8. The number of carbonyl (C=O) groups excluding carboxylic acids is 1. The Morgan fingerprint density at radius 1 is 1.25 bits per heavy atom. The zero-order valence-electron chi connectivity index (χ0n) is 13.7. The minimum atomic E-state index is -0.144. The summed E-state index contributed by atoms with van der Waals surface area (Å²) in [5, 5.41) is 2.82. The fourth-order valence-electron chi connectivity index (χ4n) is 2.50. The second-order valence-electron chi connectivity index (χ2n) is 5.67. The number of carbonyl (C=O) groups is 1. The Labute approximate surface area is 146 Å². The zero-order chi connectivity index (χ0) is 16.8. The second kappa shape index (κ2) is 8.26. The quantitative estimate of drug-likeness (QED) is 0.869. The van der Waals surface area contributed by atoms with Gasteiger partial charge in [0, 0.05) is 24.5 Å². The minimum Gasteiger partial charge on any atom is -0.468 e. The largest absolute Gasteiger partial charge is 0.468 e. The molecule has 0 unspecified atom stereocenters. The number of anilines is 2. The molecule has 1 aliphatic rings. The number of furan rings is 1. The Balaban J connectivity index is 1.50. The molecule has 0 saturated carbocycles. The first kappa shape index (κ1) is 16.9. The summed E-state index contributed by atoms with van der Waals surface area (Å²) < 4.78 is 10.7. The van der Waals surface area contributed by atoms with E-state index in [4.69, 9.17) is 9.15 Å². The van der Waals surface area contributed by atoms with Crippen molar-refractivity contribution in [3.05, 3.63) is 48.4 Å². The van der Waals surface area contributed by atoms with Crippen LogP contribution >= 0.6 is 11.8 Å². The van der Waals surface area contributed by atoms with Crippen LogP contribution in [0.15, 0.2) is 47.1 Å². The zero-order valence-corrected chi connectivity index (χ0v) is 14.6. The molecule has 2 aromatic rings. The molecule has 5 nitrogen and oxygen atoms in total. The van der Waals surface area contributed by atoms with Crippen LogP contribution in [0.2, 0.25) is 0 Å². The van der Waals surface area contributed by atoms with Crippen molar-refractivity contribution in [3.63, 3.8) is 0 Å². The number of morpholine rings is 1. The Kier molecular flexibility index (Phi) is 5.82. The van der Waals surface area contributed by atoms with Crippen LogP contribution in [0.5, 0.6) is 0 Å². The van der Waals surface area contributed by atoms with Crippen LogP contribution in [0, 0.1) is 0 Å². The van der Waals surface area contributed by atoms with Crippen LogP contribution in [0.1, 0.15) is 12.7 Å². The minimum absolute atomic E-state index is 0.00526. The number of benzene rings is 1. The number of hydrogen-bond acceptors (Lipinski definition) is 5. The smallest absolute Gasteiger partial charge is 0.237 e. The summed E-state index contributed by atoms with van der Waals surface area (Å²) in [4.78, 5) is 14.6. The summed E-state index contributed by atoms with van der Waals surface area (Å²) in [7, 11) is 0. The average molecular weight is 346 g/mol. The van der Waals surface area contributed by atoms with Gasteiger partial charge in [0.15, 0.2) is 0 Å². The van der Waals surface area contributed by atoms with Crippen molar-refractivity contribution >= 4 is 29.0 Å². The standard InChI is InChI=1S/C18H22N2O3S/c1-14(24-13-17-3-2-10-23-17)18(21)19-15-4-6-16(7-5-15)20-8-11-22-12-9-20/h2-7,10,14H,8-9,11-13H2,1H3,(H,19,21)/t14-/m0/s1. The van der Waals surface area contributed by atoms with Crippen LogP contribution < -0.4 is 10.2 Å². The van der Waals surface area contributed by atoms with Crippen molar-refractivity contribution in [2.75, 3.05) is 36.5 Å². The fourth-order valence-corrected chi connectivity index (χ4v) is 3.29. The first-order valence-corrected chi connectivity index (χ1v) is 9.15. The van der Waals surface area contributed by atoms with Crippen molar-refractivity contribution in [2.24, 2.45) is 0 Å². The molecule has 1 aromatic heterocycles. The lowest BCUT2D eigenvalue weighted by Gasteiger charge is -2.28. The number of hydrogen-bond donors (Lipinski definition) is 1. The molecule has 6 heteroatoms. The molecule has 3 rings (SSSR count). The predicted octanol–water partition coefficient (Wildman–Crippen LogP) is 3.38. The number of nitrogens with zero attached hydrogens (tertiary/aromatic N) is 1. The molecule has 1 N–H and O–H groups in total. The summed E-state index contributed by atoms with van der Waals surface area (Å²) in [5.74, 6) is 1.58. The number of ether oxygens (including phenoxy) is 1. The molecule has 0 bridgehead atoms. The fraction of sp³-hybridized carbons (Fsp3) is 0.389. The van der Waals surface area contributed by atoms with Gasteiger partial charge in [-0.15, -0.1) is 11.8 Å². The van der Waals surface area contributed by atoms with Gasteiger partial charge in [0.1, 0.15) is 5.76 Å². The van der Waals surface area contributed by atoms with E-state index in [0.717, 1.165) is 43.4 Å². The van der Waals surface area contributed by atoms with Gasteiger partial charge in [-0.3, -0.25) is 4.79 Å². The van der Waals surface area contributed by atoms with E-state index < -0.39 is 0 Å². The van der Waals surface area contributed by atoms with E-state index in [1.807, 2.05) is 43.3 Å². The van der Waals surface area contributed by atoms with Gasteiger partial charge >= 0.3 is 0 Å². The molecular weight excluding hydrogens is 324 g/mol. The highest BCUT2D eigenvalue weighted by Gasteiger charge is 2.15. The molecule has 1 aromatic carbocycles. The molecule has 1 saturated heterocycles. The topological polar surface area (TPSA) is 54.7 Å². The maximum Gasteiger partial charge on any atom is 0.237 e. The first-order valence-electron chi connectivity index (χ1n) is 8.10. The summed E-state index contributed by atoms with van der Waals surface area (Å²) >= 11 is 1.56. The Morgan fingerprint density at radius 3 is 2.67 bits per heavy atom. The van der Waals surface area contributed by atoms with Gasteiger partial charge in [-0.2, -0.15) is 0 Å². The van der Waals surface area contributed by atoms with Gasteiger partial charge in [0.2, 0.25) is 5.91 Å². The van der Waals surface area contributed by atoms with Crippen LogP contribution in [-0.2, 0) is 15.3 Å². The third-order valence-corrected chi connectivity index (χ3v) is 5.10. The highest BCUT2D eigenvalue weighted by atomic mass is 32.2. The third-order valence-electron chi connectivity index (χ3n) is 3.94. The molecule has 0 spiro atoms. The predicted molar refractivity (Wildman–Crippen MR) is 97.6 cm³/mol. The lowest BCUT2D eigenvalue weighted by atomic mass is 10.2. The van der Waals surface area contributed by atoms with Crippen LogP contribution in [-0.4, -0.2) is 37.5 Å². The molecule has 1 aliphatic heterocycles. The van der Waals surface area contributed by atoms with Crippen molar-refractivity contribution in [1.82, 2.24) is 0 Å². The van der Waals surface area contributed by atoms with Gasteiger partial charge in [-0.1, -0.05) is 0 Å². The lowest BCUT2D eigenvalue weighted by Crippen LogP contribution is -2.36. The average Bonchev–Trinajstić information content (AvgIpc) is 3.14. The van der Waals surface area contributed by atoms with E-state index in [2.05, 4.69) is 10.2 Å². The maximum atomic E-state index is 12.3. The molecule has 0 aliphatic carbocycles. The summed E-state index contributed by atoms with van der Waals surface area (Å²) in [6.07, 6.45) is 1.65. The molecule has 1 fully saturated rings. The molecule has 24 heavy (non-hydrogen) atoms. The molecule has 0 radical (unpaired) electrons. The van der Waals surface area contributed by atoms with E-state index in [1.165, 1.54) is 0 Å². The van der Waals surface area contributed by atoms with Crippen molar-refractivity contribution < 1.29 is 13.9 Å². The van der Waals surface area contributed by atoms with Gasteiger partial charge in [-0.05, 0) is 43.3 Å². The molecule has 128 valence electrons. The number of thioether (sulfide) groups is 1. The van der Waals surface area contributed by atoms with Gasteiger partial charge in [-0.25, -0.2) is 0 Å². The van der Waals surface area contributed by atoms with Gasteiger partial charge in [0.05, 0.1) is 30.5 Å².